The Bertz CT molecular complexity index is 305. The highest BCUT2D eigenvalue weighted by Gasteiger charge is 2.24. The molecule has 0 aromatic rings. The van der Waals surface area contributed by atoms with E-state index >= 15 is 0 Å². The molecule has 0 aromatic heterocycles. The summed E-state index contributed by atoms with van der Waals surface area (Å²) in [7, 11) is 0. The van der Waals surface area contributed by atoms with Gasteiger partial charge in [0.1, 0.15) is 0 Å². The summed E-state index contributed by atoms with van der Waals surface area (Å²) in [6.45, 7) is 10.1. The van der Waals surface area contributed by atoms with Gasteiger partial charge in [0.25, 0.3) is 0 Å². The monoisotopic (exact) mass is 408 g/mol. The molecule has 1 atom stereocenters. The van der Waals surface area contributed by atoms with E-state index in [0.29, 0.717) is 12.0 Å². The first-order chi connectivity index (χ1) is 9.68. The van der Waals surface area contributed by atoms with Crippen LogP contribution in [0.2, 0.25) is 0 Å². The molecule has 1 unspecified atom stereocenters. The summed E-state index contributed by atoms with van der Waals surface area (Å²) >= 11 is 0. The van der Waals surface area contributed by atoms with Gasteiger partial charge < -0.3 is 10.6 Å². The molecule has 0 spiro atoms. The molecule has 2 rings (SSSR count). The van der Waals surface area contributed by atoms with Crippen LogP contribution in [0, 0.1) is 5.92 Å². The van der Waals surface area contributed by atoms with Crippen LogP contribution in [-0.2, 0) is 0 Å². The summed E-state index contributed by atoms with van der Waals surface area (Å²) in [6.07, 6.45) is 7.88. The molecule has 2 fully saturated rings. The van der Waals surface area contributed by atoms with Crippen LogP contribution in [0.4, 0.5) is 0 Å². The molecule has 2 N–H and O–H groups in total. The van der Waals surface area contributed by atoms with Crippen molar-refractivity contribution in [3.05, 3.63) is 0 Å². The van der Waals surface area contributed by atoms with Crippen LogP contribution in [0.3, 0.4) is 0 Å². The summed E-state index contributed by atoms with van der Waals surface area (Å²) in [5, 5.41) is 0. The molecular formula is C16H33IN4. The van der Waals surface area contributed by atoms with Crippen molar-refractivity contribution in [2.75, 3.05) is 32.7 Å². The lowest BCUT2D eigenvalue weighted by Crippen LogP contribution is -2.42. The number of nitrogens with zero attached hydrogens (tertiary/aromatic N) is 3. The lowest BCUT2D eigenvalue weighted by atomic mass is 10.0. The van der Waals surface area contributed by atoms with E-state index in [4.69, 9.17) is 10.7 Å². The second-order valence-corrected chi connectivity index (χ2v) is 6.65. The summed E-state index contributed by atoms with van der Waals surface area (Å²) < 4.78 is 0. The molecule has 2 aliphatic rings. The Labute approximate surface area is 147 Å². The maximum Gasteiger partial charge on any atom is 0.191 e. The van der Waals surface area contributed by atoms with Crippen molar-refractivity contribution in [2.45, 2.75) is 58.4 Å². The first kappa shape index (κ1) is 19.0. The quantitative estimate of drug-likeness (QED) is 0.442. The maximum atomic E-state index is 6.22. The van der Waals surface area contributed by atoms with Gasteiger partial charge in [0.2, 0.25) is 0 Å². The smallest absolute Gasteiger partial charge is 0.191 e. The van der Waals surface area contributed by atoms with Crippen LogP contribution < -0.4 is 5.73 Å². The predicted octanol–water partition coefficient (Wildman–Crippen LogP) is 2.92. The van der Waals surface area contributed by atoms with Gasteiger partial charge in [-0.15, -0.1) is 24.0 Å². The van der Waals surface area contributed by atoms with E-state index in [9.17, 15) is 0 Å². The van der Waals surface area contributed by atoms with Gasteiger partial charge in [0.15, 0.2) is 5.96 Å². The van der Waals surface area contributed by atoms with Gasteiger partial charge in [-0.2, -0.15) is 0 Å². The number of likely N-dealkylation sites (tertiary alicyclic amines) is 2. The first-order valence-corrected chi connectivity index (χ1v) is 8.47. The van der Waals surface area contributed by atoms with Crippen molar-refractivity contribution in [2.24, 2.45) is 16.6 Å². The van der Waals surface area contributed by atoms with Crippen molar-refractivity contribution >= 4 is 29.9 Å². The zero-order valence-corrected chi connectivity index (χ0v) is 16.1. The van der Waals surface area contributed by atoms with Gasteiger partial charge in [0, 0.05) is 19.1 Å². The molecule has 4 nitrogen and oxygen atoms in total. The largest absolute Gasteiger partial charge is 0.370 e. The van der Waals surface area contributed by atoms with Crippen molar-refractivity contribution in [1.82, 2.24) is 9.80 Å². The highest BCUT2D eigenvalue weighted by atomic mass is 127. The molecule has 0 bridgehead atoms. The first-order valence-electron chi connectivity index (χ1n) is 8.47. The second kappa shape index (κ2) is 9.87. The summed E-state index contributed by atoms with van der Waals surface area (Å²) in [5.74, 6) is 1.42. The van der Waals surface area contributed by atoms with E-state index in [2.05, 4.69) is 23.6 Å². The molecule has 124 valence electrons. The normalized spacial score (nSPS) is 23.0. The number of hydrogen-bond donors (Lipinski definition) is 1. The molecule has 0 aliphatic carbocycles. The topological polar surface area (TPSA) is 44.9 Å². The van der Waals surface area contributed by atoms with Crippen molar-refractivity contribution in [1.29, 1.82) is 0 Å². The standard InChI is InChI=1S/C16H32N4.HI/c1-14(2)15(19-9-7-8-10-19)13-18-16(17)20-11-5-3-4-6-12-20;/h14-15H,3-13H2,1-2H3,(H2,17,18);1H. The van der Waals surface area contributed by atoms with Crippen LogP contribution in [0.1, 0.15) is 52.4 Å². The van der Waals surface area contributed by atoms with Gasteiger partial charge in [0.05, 0.1) is 6.54 Å². The average molecular weight is 408 g/mol. The minimum Gasteiger partial charge on any atom is -0.370 e. The molecule has 2 saturated heterocycles. The third kappa shape index (κ3) is 5.93. The fraction of sp³-hybridized carbons (Fsp3) is 0.938. The number of guanidine groups is 1. The fourth-order valence-corrected chi connectivity index (χ4v) is 3.41. The molecule has 2 heterocycles. The fourth-order valence-electron chi connectivity index (χ4n) is 3.41. The minimum atomic E-state index is 0. The Morgan fingerprint density at radius 1 is 0.952 bits per heavy atom. The van der Waals surface area contributed by atoms with E-state index in [0.717, 1.165) is 25.6 Å². The SMILES string of the molecule is CC(C)C(CN=C(N)N1CCCCCC1)N1CCCC1.I. The average Bonchev–Trinajstić information content (AvgIpc) is 2.80. The van der Waals surface area contributed by atoms with E-state index in [1.54, 1.807) is 0 Å². The Morgan fingerprint density at radius 2 is 1.48 bits per heavy atom. The molecule has 2 aliphatic heterocycles. The number of rotatable bonds is 4. The van der Waals surface area contributed by atoms with E-state index < -0.39 is 0 Å². The van der Waals surface area contributed by atoms with Gasteiger partial charge >= 0.3 is 0 Å². The van der Waals surface area contributed by atoms with Crippen LogP contribution in [0.5, 0.6) is 0 Å². The van der Waals surface area contributed by atoms with Crippen LogP contribution in [-0.4, -0.2) is 54.5 Å². The summed E-state index contributed by atoms with van der Waals surface area (Å²) in [5.41, 5.74) is 6.22. The van der Waals surface area contributed by atoms with Gasteiger partial charge in [-0.25, -0.2) is 0 Å². The molecular weight excluding hydrogens is 375 g/mol. The Kier molecular flexibility index (Phi) is 8.94. The zero-order valence-electron chi connectivity index (χ0n) is 13.8. The van der Waals surface area contributed by atoms with Crippen LogP contribution in [0.25, 0.3) is 0 Å². The number of halogens is 1. The maximum absolute atomic E-state index is 6.22. The molecule has 0 amide bonds. The molecule has 0 aromatic carbocycles. The number of nitrogens with two attached hydrogens (primary N) is 1. The lowest BCUT2D eigenvalue weighted by molar-refractivity contribution is 0.197. The summed E-state index contributed by atoms with van der Waals surface area (Å²) in [6, 6.07) is 0.558. The minimum absolute atomic E-state index is 0. The second-order valence-electron chi connectivity index (χ2n) is 6.65. The van der Waals surface area contributed by atoms with E-state index in [1.165, 1.54) is 51.6 Å². The molecule has 5 heteroatoms. The highest BCUT2D eigenvalue weighted by molar-refractivity contribution is 14.0. The summed E-state index contributed by atoms with van der Waals surface area (Å²) in [4.78, 5) is 9.62. The van der Waals surface area contributed by atoms with Crippen LogP contribution in [0.15, 0.2) is 4.99 Å². The van der Waals surface area contributed by atoms with Gasteiger partial charge in [-0.1, -0.05) is 26.7 Å². The van der Waals surface area contributed by atoms with Crippen molar-refractivity contribution in [3.8, 4) is 0 Å². The van der Waals surface area contributed by atoms with Gasteiger partial charge in [-0.05, 0) is 44.7 Å². The third-order valence-corrected chi connectivity index (χ3v) is 4.75. The van der Waals surface area contributed by atoms with E-state index in [-0.39, 0.29) is 24.0 Å². The molecule has 0 saturated carbocycles. The van der Waals surface area contributed by atoms with Crippen molar-refractivity contribution in [3.63, 3.8) is 0 Å². The zero-order chi connectivity index (χ0) is 14.4. The Morgan fingerprint density at radius 3 is 2.00 bits per heavy atom. The highest BCUT2D eigenvalue weighted by Crippen LogP contribution is 2.18. The van der Waals surface area contributed by atoms with Gasteiger partial charge in [-0.3, -0.25) is 9.89 Å². The molecule has 21 heavy (non-hydrogen) atoms. The lowest BCUT2D eigenvalue weighted by Gasteiger charge is -2.30. The van der Waals surface area contributed by atoms with Crippen molar-refractivity contribution < 1.29 is 0 Å². The molecule has 0 radical (unpaired) electrons. The number of hydrogen-bond acceptors (Lipinski definition) is 2. The van der Waals surface area contributed by atoms with Crippen LogP contribution >= 0.6 is 24.0 Å². The predicted molar refractivity (Wildman–Crippen MR) is 101 cm³/mol. The Hall–Kier alpha value is -0.0400. The Balaban J connectivity index is 0.00000220. The third-order valence-electron chi connectivity index (χ3n) is 4.75. The van der Waals surface area contributed by atoms with E-state index in [1.807, 2.05) is 0 Å². The number of aliphatic imine (C=N–C) groups is 1.